The van der Waals surface area contributed by atoms with Gasteiger partial charge in [-0.05, 0) is 44.0 Å². The highest BCUT2D eigenvalue weighted by Crippen LogP contribution is 2.50. The molecule has 0 bridgehead atoms. The number of benzene rings is 1. The number of aryl methyl sites for hydroxylation is 1. The molecule has 0 radical (unpaired) electrons. The second-order valence-electron chi connectivity index (χ2n) is 6.20. The van der Waals surface area contributed by atoms with Gasteiger partial charge >= 0.3 is 6.03 Å². The minimum atomic E-state index is 0.0363. The lowest BCUT2D eigenvalue weighted by Crippen LogP contribution is -2.55. The minimum Gasteiger partial charge on any atom is -0.293 e. The summed E-state index contributed by atoms with van der Waals surface area (Å²) in [4.78, 5) is 21.2. The van der Waals surface area contributed by atoms with Gasteiger partial charge in [-0.3, -0.25) is 9.80 Å². The number of nitrogens with zero attached hydrogens (tertiary/aromatic N) is 3. The Bertz CT molecular complexity index is 723. The van der Waals surface area contributed by atoms with E-state index in [2.05, 4.69) is 20.9 Å². The standard InChI is InChI=1S/C16H16BrN3OS/c1-11-8-22-14(18-11)20-10-16(6-7-16)9-19(15(20)21)13-4-2-12(17)3-5-13/h2-5,8H,6-7,9-10H2,1H3. The van der Waals surface area contributed by atoms with E-state index in [1.807, 2.05) is 46.4 Å². The van der Waals surface area contributed by atoms with Crippen LogP contribution < -0.4 is 9.80 Å². The van der Waals surface area contributed by atoms with Crippen molar-refractivity contribution < 1.29 is 4.79 Å². The van der Waals surface area contributed by atoms with Gasteiger partial charge in [0.25, 0.3) is 0 Å². The lowest BCUT2D eigenvalue weighted by Gasteiger charge is -2.39. The lowest BCUT2D eigenvalue weighted by molar-refractivity contribution is 0.243. The fraction of sp³-hybridized carbons (Fsp3) is 0.375. The summed E-state index contributed by atoms with van der Waals surface area (Å²) in [5.41, 5.74) is 2.18. The van der Waals surface area contributed by atoms with E-state index < -0.39 is 0 Å². The molecule has 6 heteroatoms. The molecule has 2 aliphatic rings. The second-order valence-corrected chi connectivity index (χ2v) is 7.95. The van der Waals surface area contributed by atoms with Crippen molar-refractivity contribution in [1.29, 1.82) is 0 Å². The predicted molar refractivity (Wildman–Crippen MR) is 92.7 cm³/mol. The Morgan fingerprint density at radius 1 is 1.18 bits per heavy atom. The van der Waals surface area contributed by atoms with Crippen molar-refractivity contribution in [2.45, 2.75) is 19.8 Å². The quantitative estimate of drug-likeness (QED) is 0.775. The Morgan fingerprint density at radius 3 is 2.45 bits per heavy atom. The summed E-state index contributed by atoms with van der Waals surface area (Å²) in [5, 5.41) is 2.82. The first-order valence-electron chi connectivity index (χ1n) is 7.33. The number of carbonyl (C=O) groups excluding carboxylic acids is 1. The molecule has 4 rings (SSSR count). The van der Waals surface area contributed by atoms with Crippen LogP contribution >= 0.6 is 27.3 Å². The van der Waals surface area contributed by atoms with Crippen LogP contribution in [0, 0.1) is 12.3 Å². The molecule has 22 heavy (non-hydrogen) atoms. The fourth-order valence-corrected chi connectivity index (χ4v) is 3.99. The lowest BCUT2D eigenvalue weighted by atomic mass is 10.0. The molecule has 2 fully saturated rings. The Hall–Kier alpha value is -1.40. The zero-order chi connectivity index (χ0) is 15.3. The van der Waals surface area contributed by atoms with Gasteiger partial charge in [0, 0.05) is 34.0 Å². The van der Waals surface area contributed by atoms with Crippen molar-refractivity contribution in [2.24, 2.45) is 5.41 Å². The number of thiazole rings is 1. The van der Waals surface area contributed by atoms with Gasteiger partial charge in [-0.2, -0.15) is 0 Å². The summed E-state index contributed by atoms with van der Waals surface area (Å²) < 4.78 is 1.02. The molecule has 1 spiro atoms. The van der Waals surface area contributed by atoms with Gasteiger partial charge in [-0.1, -0.05) is 15.9 Å². The van der Waals surface area contributed by atoms with E-state index >= 15 is 0 Å². The van der Waals surface area contributed by atoms with Crippen LogP contribution in [0.2, 0.25) is 0 Å². The van der Waals surface area contributed by atoms with Crippen molar-refractivity contribution >= 4 is 44.1 Å². The Kier molecular flexibility index (Phi) is 3.27. The normalized spacial score (nSPS) is 19.8. The number of carbonyl (C=O) groups is 1. The maximum Gasteiger partial charge on any atom is 0.330 e. The fourth-order valence-electron chi connectivity index (χ4n) is 2.93. The maximum absolute atomic E-state index is 12.9. The molecule has 1 saturated carbocycles. The highest BCUT2D eigenvalue weighted by atomic mass is 79.9. The molecule has 1 saturated heterocycles. The number of aromatic nitrogens is 1. The van der Waals surface area contributed by atoms with Crippen LogP contribution in [0.25, 0.3) is 0 Å². The van der Waals surface area contributed by atoms with Crippen LogP contribution in [0.3, 0.4) is 0 Å². The SMILES string of the molecule is Cc1csc(N2CC3(CC3)CN(c3ccc(Br)cc3)C2=O)n1. The smallest absolute Gasteiger partial charge is 0.293 e. The van der Waals surface area contributed by atoms with Gasteiger partial charge in [0.05, 0.1) is 5.69 Å². The molecule has 1 aliphatic heterocycles. The highest BCUT2D eigenvalue weighted by molar-refractivity contribution is 9.10. The van der Waals surface area contributed by atoms with Crippen molar-refractivity contribution in [1.82, 2.24) is 4.98 Å². The van der Waals surface area contributed by atoms with Crippen molar-refractivity contribution in [3.05, 3.63) is 39.8 Å². The number of hydrogen-bond donors (Lipinski definition) is 0. The van der Waals surface area contributed by atoms with E-state index in [0.717, 1.165) is 34.1 Å². The topological polar surface area (TPSA) is 36.4 Å². The van der Waals surface area contributed by atoms with Gasteiger partial charge in [-0.15, -0.1) is 11.3 Å². The second kappa shape index (κ2) is 5.06. The van der Waals surface area contributed by atoms with Crippen LogP contribution in [-0.4, -0.2) is 24.1 Å². The van der Waals surface area contributed by atoms with Crippen LogP contribution in [-0.2, 0) is 0 Å². The Labute approximate surface area is 141 Å². The van der Waals surface area contributed by atoms with Gasteiger partial charge in [0.1, 0.15) is 0 Å². The molecule has 1 aromatic carbocycles. The maximum atomic E-state index is 12.9. The minimum absolute atomic E-state index is 0.0363. The van der Waals surface area contributed by atoms with E-state index in [4.69, 9.17) is 0 Å². The number of anilines is 2. The van der Waals surface area contributed by atoms with E-state index in [1.54, 1.807) is 11.3 Å². The number of rotatable bonds is 2. The third-order valence-electron chi connectivity index (χ3n) is 4.38. The third kappa shape index (κ3) is 2.44. The molecule has 114 valence electrons. The third-order valence-corrected chi connectivity index (χ3v) is 5.89. The molecule has 0 unspecified atom stereocenters. The largest absolute Gasteiger partial charge is 0.330 e. The summed E-state index contributed by atoms with van der Waals surface area (Å²) in [5.74, 6) is 0. The van der Waals surface area contributed by atoms with Crippen molar-refractivity contribution in [2.75, 3.05) is 22.9 Å². The molecule has 2 amide bonds. The van der Waals surface area contributed by atoms with Gasteiger partial charge in [0.15, 0.2) is 5.13 Å². The monoisotopic (exact) mass is 377 g/mol. The van der Waals surface area contributed by atoms with Crippen LogP contribution in [0.4, 0.5) is 15.6 Å². The molecular weight excluding hydrogens is 362 g/mol. The summed E-state index contributed by atoms with van der Waals surface area (Å²) >= 11 is 5.00. The van der Waals surface area contributed by atoms with Gasteiger partial charge in [0.2, 0.25) is 0 Å². The molecule has 1 aromatic heterocycles. The van der Waals surface area contributed by atoms with Crippen LogP contribution in [0.5, 0.6) is 0 Å². The molecule has 2 aromatic rings. The van der Waals surface area contributed by atoms with Gasteiger partial charge in [-0.25, -0.2) is 9.78 Å². The molecule has 1 aliphatic carbocycles. The average Bonchev–Trinajstić information content (AvgIpc) is 3.12. The van der Waals surface area contributed by atoms with Crippen LogP contribution in [0.15, 0.2) is 34.1 Å². The van der Waals surface area contributed by atoms with Crippen molar-refractivity contribution in [3.8, 4) is 0 Å². The zero-order valence-corrected chi connectivity index (χ0v) is 14.7. The summed E-state index contributed by atoms with van der Waals surface area (Å²) in [6, 6.07) is 7.99. The zero-order valence-electron chi connectivity index (χ0n) is 12.3. The molecular formula is C16H16BrN3OS. The number of halogens is 1. The Balaban J connectivity index is 1.69. The first-order valence-corrected chi connectivity index (χ1v) is 9.00. The summed E-state index contributed by atoms with van der Waals surface area (Å²) in [6.45, 7) is 3.58. The Morgan fingerprint density at radius 2 is 1.86 bits per heavy atom. The van der Waals surface area contributed by atoms with Gasteiger partial charge < -0.3 is 0 Å². The number of hydrogen-bond acceptors (Lipinski definition) is 3. The molecule has 2 heterocycles. The number of urea groups is 1. The first-order chi connectivity index (χ1) is 10.6. The van der Waals surface area contributed by atoms with E-state index in [9.17, 15) is 4.79 Å². The molecule has 4 nitrogen and oxygen atoms in total. The average molecular weight is 378 g/mol. The molecule has 0 atom stereocenters. The first kappa shape index (κ1) is 14.2. The van der Waals surface area contributed by atoms with Crippen LogP contribution in [0.1, 0.15) is 18.5 Å². The van der Waals surface area contributed by atoms with E-state index in [1.165, 1.54) is 12.8 Å². The summed E-state index contributed by atoms with van der Waals surface area (Å²) in [7, 11) is 0. The number of amides is 2. The van der Waals surface area contributed by atoms with E-state index in [0.29, 0.717) is 0 Å². The summed E-state index contributed by atoms with van der Waals surface area (Å²) in [6.07, 6.45) is 2.38. The molecule has 0 N–H and O–H groups in total. The predicted octanol–water partition coefficient (Wildman–Crippen LogP) is 4.44. The highest BCUT2D eigenvalue weighted by Gasteiger charge is 2.51. The van der Waals surface area contributed by atoms with E-state index in [-0.39, 0.29) is 11.4 Å². The van der Waals surface area contributed by atoms with Crippen molar-refractivity contribution in [3.63, 3.8) is 0 Å².